The first kappa shape index (κ1) is 14.6. The van der Waals surface area contributed by atoms with Crippen molar-refractivity contribution < 1.29 is 9.90 Å². The largest absolute Gasteiger partial charge is 0.481 e. The molecule has 0 saturated heterocycles. The maximum Gasteiger partial charge on any atom is 0.313 e. The van der Waals surface area contributed by atoms with E-state index in [2.05, 4.69) is 4.98 Å². The molecule has 0 aliphatic heterocycles. The van der Waals surface area contributed by atoms with Gasteiger partial charge in [-0.3, -0.25) is 14.2 Å². The van der Waals surface area contributed by atoms with Gasteiger partial charge in [-0.1, -0.05) is 11.8 Å². The van der Waals surface area contributed by atoms with Crippen molar-refractivity contribution in [1.29, 1.82) is 0 Å². The van der Waals surface area contributed by atoms with Gasteiger partial charge in [0.15, 0.2) is 5.16 Å². The Balaban J connectivity index is 2.13. The van der Waals surface area contributed by atoms with Gasteiger partial charge in [-0.15, -0.1) is 11.3 Å². The molecule has 2 heterocycles. The van der Waals surface area contributed by atoms with Gasteiger partial charge in [-0.05, 0) is 38.2 Å². The van der Waals surface area contributed by atoms with E-state index in [1.165, 1.54) is 11.3 Å². The van der Waals surface area contributed by atoms with E-state index in [1.54, 1.807) is 4.57 Å². The van der Waals surface area contributed by atoms with Gasteiger partial charge in [0.2, 0.25) is 0 Å². The van der Waals surface area contributed by atoms with E-state index in [9.17, 15) is 9.59 Å². The van der Waals surface area contributed by atoms with Crippen molar-refractivity contribution in [2.45, 2.75) is 38.4 Å². The summed E-state index contributed by atoms with van der Waals surface area (Å²) < 4.78 is 1.67. The third-order valence-electron chi connectivity index (χ3n) is 3.72. The lowest BCUT2D eigenvalue weighted by atomic mass is 10.2. The van der Waals surface area contributed by atoms with Crippen LogP contribution in [0, 0.1) is 19.8 Å². The Morgan fingerprint density at radius 3 is 2.81 bits per heavy atom. The normalized spacial score (nSPS) is 14.8. The first-order valence-electron chi connectivity index (χ1n) is 6.82. The number of thiophene rings is 1. The predicted octanol–water partition coefficient (Wildman–Crippen LogP) is 2.66. The van der Waals surface area contributed by atoms with Gasteiger partial charge in [0.25, 0.3) is 5.56 Å². The van der Waals surface area contributed by atoms with Crippen LogP contribution < -0.4 is 5.56 Å². The highest BCUT2D eigenvalue weighted by molar-refractivity contribution is 7.99. The zero-order valence-electron chi connectivity index (χ0n) is 11.9. The Bertz CT molecular complexity index is 775. The lowest BCUT2D eigenvalue weighted by Crippen LogP contribution is -2.24. The topological polar surface area (TPSA) is 72.2 Å². The monoisotopic (exact) mass is 324 g/mol. The summed E-state index contributed by atoms with van der Waals surface area (Å²) in [5, 5.41) is 10.1. The van der Waals surface area contributed by atoms with Crippen LogP contribution in [0.3, 0.4) is 0 Å². The molecule has 112 valence electrons. The number of aryl methyl sites for hydroxylation is 2. The van der Waals surface area contributed by atoms with Crippen molar-refractivity contribution >= 4 is 39.3 Å². The Kier molecular flexibility index (Phi) is 3.79. The number of hydrogen-bond donors (Lipinski definition) is 1. The average Bonchev–Trinajstić information content (AvgIpc) is 3.18. The molecule has 1 aliphatic carbocycles. The number of aromatic nitrogens is 2. The van der Waals surface area contributed by atoms with Crippen LogP contribution >= 0.6 is 23.1 Å². The van der Waals surface area contributed by atoms with E-state index < -0.39 is 5.97 Å². The summed E-state index contributed by atoms with van der Waals surface area (Å²) in [7, 11) is 0. The highest BCUT2D eigenvalue weighted by Gasteiger charge is 2.25. The molecule has 7 heteroatoms. The van der Waals surface area contributed by atoms with E-state index in [0.29, 0.717) is 23.0 Å². The lowest BCUT2D eigenvalue weighted by Gasteiger charge is -2.10. The molecular formula is C14H16N2O3S2. The summed E-state index contributed by atoms with van der Waals surface area (Å²) >= 11 is 2.63. The van der Waals surface area contributed by atoms with E-state index in [0.717, 1.165) is 39.9 Å². The first-order chi connectivity index (χ1) is 9.97. The van der Waals surface area contributed by atoms with Gasteiger partial charge in [0.05, 0.1) is 11.1 Å². The molecular weight excluding hydrogens is 308 g/mol. The third kappa shape index (κ3) is 2.85. The van der Waals surface area contributed by atoms with Crippen LogP contribution in [-0.2, 0) is 11.3 Å². The van der Waals surface area contributed by atoms with Crippen LogP contribution in [0.4, 0.5) is 0 Å². The maximum atomic E-state index is 12.8. The number of thioether (sulfide) groups is 1. The van der Waals surface area contributed by atoms with Gasteiger partial charge in [-0.25, -0.2) is 4.98 Å². The Labute approximate surface area is 130 Å². The van der Waals surface area contributed by atoms with Crippen molar-refractivity contribution in [3.05, 3.63) is 20.8 Å². The fraction of sp³-hybridized carbons (Fsp3) is 0.500. The number of nitrogens with zero attached hydrogens (tertiary/aromatic N) is 2. The minimum atomic E-state index is -0.897. The molecule has 5 nitrogen and oxygen atoms in total. The summed E-state index contributed by atoms with van der Waals surface area (Å²) in [5.74, 6) is -0.441. The minimum absolute atomic E-state index is 0.0263. The van der Waals surface area contributed by atoms with Gasteiger partial charge >= 0.3 is 5.97 Å². The fourth-order valence-corrected chi connectivity index (χ4v) is 4.06. The second-order valence-corrected chi connectivity index (χ2v) is 7.55. The molecule has 1 fully saturated rings. The van der Waals surface area contributed by atoms with Crippen molar-refractivity contribution in [3.63, 3.8) is 0 Å². The van der Waals surface area contributed by atoms with Crippen molar-refractivity contribution in [3.8, 4) is 0 Å². The molecule has 0 aromatic carbocycles. The van der Waals surface area contributed by atoms with E-state index in [4.69, 9.17) is 5.11 Å². The smallest absolute Gasteiger partial charge is 0.313 e. The number of rotatable bonds is 5. The maximum absolute atomic E-state index is 12.8. The molecule has 1 N–H and O–H groups in total. The van der Waals surface area contributed by atoms with Crippen molar-refractivity contribution in [2.75, 3.05) is 5.75 Å². The second-order valence-electron chi connectivity index (χ2n) is 5.40. The molecule has 1 saturated carbocycles. The molecule has 2 aromatic rings. The van der Waals surface area contributed by atoms with Crippen LogP contribution in [0.1, 0.15) is 23.3 Å². The lowest BCUT2D eigenvalue weighted by molar-refractivity contribution is -0.133. The number of fused-ring (bicyclic) bond motifs is 1. The predicted molar refractivity (Wildman–Crippen MR) is 84.4 cm³/mol. The van der Waals surface area contributed by atoms with Crippen LogP contribution in [0.2, 0.25) is 0 Å². The van der Waals surface area contributed by atoms with Crippen LogP contribution in [-0.4, -0.2) is 26.4 Å². The molecule has 1 aliphatic rings. The zero-order chi connectivity index (χ0) is 15.1. The first-order valence-corrected chi connectivity index (χ1v) is 8.62. The van der Waals surface area contributed by atoms with Crippen LogP contribution in [0.5, 0.6) is 0 Å². The highest BCUT2D eigenvalue weighted by atomic mass is 32.2. The molecule has 3 rings (SSSR count). The molecule has 21 heavy (non-hydrogen) atoms. The van der Waals surface area contributed by atoms with Gasteiger partial charge in [-0.2, -0.15) is 0 Å². The number of carbonyl (C=O) groups is 1. The molecule has 0 amide bonds. The van der Waals surface area contributed by atoms with Gasteiger partial charge in [0, 0.05) is 11.4 Å². The third-order valence-corrected chi connectivity index (χ3v) is 5.78. The van der Waals surface area contributed by atoms with Crippen LogP contribution in [0.25, 0.3) is 10.2 Å². The van der Waals surface area contributed by atoms with Crippen LogP contribution in [0.15, 0.2) is 9.95 Å². The molecule has 0 bridgehead atoms. The Morgan fingerprint density at radius 1 is 1.48 bits per heavy atom. The van der Waals surface area contributed by atoms with Crippen molar-refractivity contribution in [2.24, 2.45) is 5.92 Å². The van der Waals surface area contributed by atoms with E-state index >= 15 is 0 Å². The quantitative estimate of drug-likeness (QED) is 0.676. The van der Waals surface area contributed by atoms with Crippen molar-refractivity contribution in [1.82, 2.24) is 9.55 Å². The molecule has 0 radical (unpaired) electrons. The standard InChI is InChI=1S/C14H16N2O3S2/c1-7-8(2)21-12-11(7)13(19)16(5-9-3-4-9)14(15-12)20-6-10(17)18/h9H,3-6H2,1-2H3,(H,17,18). The number of carboxylic acids is 1. The Hall–Kier alpha value is -1.34. The molecule has 0 unspecified atom stereocenters. The average molecular weight is 324 g/mol. The SMILES string of the molecule is Cc1sc2nc(SCC(=O)O)n(CC3CC3)c(=O)c2c1C. The van der Waals surface area contributed by atoms with E-state index in [1.807, 2.05) is 13.8 Å². The summed E-state index contributed by atoms with van der Waals surface area (Å²) in [5.41, 5.74) is 0.966. The molecule has 0 spiro atoms. The zero-order valence-corrected chi connectivity index (χ0v) is 13.5. The summed E-state index contributed by atoms with van der Waals surface area (Å²) in [6, 6.07) is 0. The fourth-order valence-electron chi connectivity index (χ4n) is 2.26. The Morgan fingerprint density at radius 2 is 2.19 bits per heavy atom. The summed E-state index contributed by atoms with van der Waals surface area (Å²) in [6.45, 7) is 4.58. The number of carboxylic acid groups (broad SMARTS) is 1. The van der Waals surface area contributed by atoms with E-state index in [-0.39, 0.29) is 11.3 Å². The second kappa shape index (κ2) is 5.46. The van der Waals surface area contributed by atoms with Gasteiger partial charge in [0.1, 0.15) is 4.83 Å². The number of hydrogen-bond acceptors (Lipinski definition) is 5. The molecule has 2 aromatic heterocycles. The minimum Gasteiger partial charge on any atom is -0.481 e. The summed E-state index contributed by atoms with van der Waals surface area (Å²) in [6.07, 6.45) is 2.27. The number of aliphatic carboxylic acids is 1. The highest BCUT2D eigenvalue weighted by Crippen LogP contribution is 2.33. The summed E-state index contributed by atoms with van der Waals surface area (Å²) in [4.78, 5) is 29.9. The molecule has 0 atom stereocenters. The van der Waals surface area contributed by atoms with Gasteiger partial charge < -0.3 is 5.11 Å².